The Morgan fingerprint density at radius 3 is 1.97 bits per heavy atom. The van der Waals surface area contributed by atoms with E-state index in [2.05, 4.69) is 6.92 Å². The molecule has 0 unspecified atom stereocenters. The minimum Gasteiger partial charge on any atom is -0.507 e. The Morgan fingerprint density at radius 2 is 1.32 bits per heavy atom. The lowest BCUT2D eigenvalue weighted by atomic mass is 9.82. The van der Waals surface area contributed by atoms with E-state index in [0.29, 0.717) is 6.61 Å². The number of ether oxygens (including phenoxy) is 1. The van der Waals surface area contributed by atoms with E-state index in [1.807, 2.05) is 24.3 Å². The first-order valence-electron chi connectivity index (χ1n) is 10.5. The Hall–Kier alpha value is -3.60. The summed E-state index contributed by atoms with van der Waals surface area (Å²) in [6.07, 6.45) is 4.59. The minimum absolute atomic E-state index is 0.148. The van der Waals surface area contributed by atoms with Gasteiger partial charge < -0.3 is 14.9 Å². The van der Waals surface area contributed by atoms with Crippen LogP contribution in [0.5, 0.6) is 17.2 Å². The molecular weight excluding hydrogens is 392 g/mol. The van der Waals surface area contributed by atoms with Gasteiger partial charge in [0.2, 0.25) is 0 Å². The van der Waals surface area contributed by atoms with Crippen LogP contribution < -0.4 is 4.74 Å². The van der Waals surface area contributed by atoms with Gasteiger partial charge in [-0.2, -0.15) is 0 Å². The molecule has 0 saturated carbocycles. The number of phenolic OH excluding ortho intramolecular Hbond substituents is 2. The third-order valence-electron chi connectivity index (χ3n) is 5.58. The Morgan fingerprint density at radius 1 is 0.710 bits per heavy atom. The third kappa shape index (κ3) is 3.91. The van der Waals surface area contributed by atoms with Gasteiger partial charge in [0.15, 0.2) is 11.6 Å². The van der Waals surface area contributed by atoms with Crippen LogP contribution in [-0.4, -0.2) is 28.4 Å². The molecule has 5 nitrogen and oxygen atoms in total. The van der Waals surface area contributed by atoms with Gasteiger partial charge in [0.1, 0.15) is 17.2 Å². The van der Waals surface area contributed by atoms with Crippen molar-refractivity contribution in [3.05, 3.63) is 76.9 Å². The maximum absolute atomic E-state index is 13.0. The predicted molar refractivity (Wildman–Crippen MR) is 118 cm³/mol. The van der Waals surface area contributed by atoms with E-state index in [9.17, 15) is 19.8 Å². The second-order valence-electron chi connectivity index (χ2n) is 7.71. The largest absolute Gasteiger partial charge is 0.507 e. The van der Waals surface area contributed by atoms with Crippen molar-refractivity contribution in [3.63, 3.8) is 0 Å². The number of rotatable bonds is 7. The van der Waals surface area contributed by atoms with Crippen molar-refractivity contribution in [3.8, 4) is 28.4 Å². The van der Waals surface area contributed by atoms with E-state index in [1.165, 1.54) is 25.0 Å². The highest BCUT2D eigenvalue weighted by atomic mass is 16.5. The molecule has 158 valence electrons. The lowest BCUT2D eigenvalue weighted by Crippen LogP contribution is -2.21. The molecule has 2 N–H and O–H groups in total. The summed E-state index contributed by atoms with van der Waals surface area (Å²) in [6, 6.07) is 15.1. The molecule has 0 aliphatic heterocycles. The molecule has 0 saturated heterocycles. The molecule has 0 radical (unpaired) electrons. The molecule has 4 rings (SSSR count). The molecule has 0 bridgehead atoms. The maximum Gasteiger partial charge on any atom is 0.198 e. The summed E-state index contributed by atoms with van der Waals surface area (Å²) in [5.41, 5.74) is 1.79. The number of hydrogen-bond donors (Lipinski definition) is 2. The van der Waals surface area contributed by atoms with Gasteiger partial charge in [-0.05, 0) is 53.9 Å². The summed E-state index contributed by atoms with van der Waals surface area (Å²) in [6.45, 7) is 2.86. The van der Waals surface area contributed by atoms with Crippen molar-refractivity contribution in [2.45, 2.75) is 32.6 Å². The quantitative estimate of drug-likeness (QED) is 0.307. The van der Waals surface area contributed by atoms with Crippen LogP contribution in [0, 0.1) is 0 Å². The molecule has 0 fully saturated rings. The van der Waals surface area contributed by atoms with Gasteiger partial charge >= 0.3 is 0 Å². The summed E-state index contributed by atoms with van der Waals surface area (Å²) < 4.78 is 5.78. The average Bonchev–Trinajstić information content (AvgIpc) is 2.79. The predicted octanol–water partition coefficient (Wildman–Crippen LogP) is 5.50. The van der Waals surface area contributed by atoms with E-state index < -0.39 is 11.6 Å². The van der Waals surface area contributed by atoms with Crippen molar-refractivity contribution < 1.29 is 24.5 Å². The van der Waals surface area contributed by atoms with Crippen LogP contribution >= 0.6 is 0 Å². The highest BCUT2D eigenvalue weighted by molar-refractivity contribution is 6.30. The molecule has 0 spiro atoms. The highest BCUT2D eigenvalue weighted by Crippen LogP contribution is 2.38. The van der Waals surface area contributed by atoms with Gasteiger partial charge in [0.05, 0.1) is 17.7 Å². The third-order valence-corrected chi connectivity index (χ3v) is 5.58. The van der Waals surface area contributed by atoms with E-state index in [4.69, 9.17) is 4.74 Å². The second kappa shape index (κ2) is 8.64. The van der Waals surface area contributed by atoms with Gasteiger partial charge in [-0.15, -0.1) is 0 Å². The number of carbonyl (C=O) groups excluding carboxylic acids is 2. The number of aromatic hydroxyl groups is 2. The Balaban J connectivity index is 1.58. The molecule has 31 heavy (non-hydrogen) atoms. The van der Waals surface area contributed by atoms with Gasteiger partial charge in [-0.3, -0.25) is 9.59 Å². The average molecular weight is 416 g/mol. The number of unbranched alkanes of at least 4 members (excludes halogenated alkanes) is 3. The molecule has 0 amide bonds. The second-order valence-corrected chi connectivity index (χ2v) is 7.71. The van der Waals surface area contributed by atoms with E-state index in [-0.39, 0.29) is 33.8 Å². The van der Waals surface area contributed by atoms with Crippen LogP contribution in [0.2, 0.25) is 0 Å². The zero-order valence-corrected chi connectivity index (χ0v) is 17.4. The van der Waals surface area contributed by atoms with Crippen molar-refractivity contribution >= 4 is 11.6 Å². The van der Waals surface area contributed by atoms with Crippen LogP contribution in [0.1, 0.15) is 64.4 Å². The van der Waals surface area contributed by atoms with Gasteiger partial charge in [0, 0.05) is 11.1 Å². The molecular formula is C26H24O5. The Bertz CT molecular complexity index is 1150. The summed E-state index contributed by atoms with van der Waals surface area (Å²) in [7, 11) is 0. The fourth-order valence-electron chi connectivity index (χ4n) is 3.88. The van der Waals surface area contributed by atoms with E-state index >= 15 is 0 Å². The number of benzene rings is 3. The smallest absolute Gasteiger partial charge is 0.198 e. The van der Waals surface area contributed by atoms with Gasteiger partial charge in [-0.1, -0.05) is 44.4 Å². The fourth-order valence-corrected chi connectivity index (χ4v) is 3.88. The zero-order chi connectivity index (χ0) is 22.0. The van der Waals surface area contributed by atoms with Crippen LogP contribution in [-0.2, 0) is 0 Å². The normalized spacial score (nSPS) is 12.4. The molecule has 3 aromatic rings. The highest BCUT2D eigenvalue weighted by Gasteiger charge is 2.34. The lowest BCUT2D eigenvalue weighted by molar-refractivity contribution is 0.0974. The maximum atomic E-state index is 13.0. The van der Waals surface area contributed by atoms with Crippen molar-refractivity contribution in [2.24, 2.45) is 0 Å². The molecule has 1 aliphatic carbocycles. The molecule has 3 aromatic carbocycles. The summed E-state index contributed by atoms with van der Waals surface area (Å²) in [4.78, 5) is 25.9. The first kappa shape index (κ1) is 20.7. The number of phenols is 2. The molecule has 0 heterocycles. The van der Waals surface area contributed by atoms with Gasteiger partial charge in [0.25, 0.3) is 0 Å². The van der Waals surface area contributed by atoms with Crippen LogP contribution in [0.25, 0.3) is 11.1 Å². The van der Waals surface area contributed by atoms with Crippen molar-refractivity contribution in [1.29, 1.82) is 0 Å². The molecule has 1 aliphatic rings. The monoisotopic (exact) mass is 416 g/mol. The zero-order valence-electron chi connectivity index (χ0n) is 17.4. The number of fused-ring (bicyclic) bond motifs is 2. The Kier molecular flexibility index (Phi) is 5.76. The SMILES string of the molecule is CCCCCCOc1ccc(-c2ccc3c(c2)C(=O)c2c(O)ccc(O)c2C3=O)cc1. The van der Waals surface area contributed by atoms with Crippen molar-refractivity contribution in [2.75, 3.05) is 6.61 Å². The number of carbonyl (C=O) groups is 2. The number of hydrogen-bond acceptors (Lipinski definition) is 5. The summed E-state index contributed by atoms with van der Waals surface area (Å²) in [5.74, 6) is -0.796. The molecule has 0 aromatic heterocycles. The van der Waals surface area contributed by atoms with Crippen molar-refractivity contribution in [1.82, 2.24) is 0 Å². The first-order valence-corrected chi connectivity index (χ1v) is 10.5. The Labute approximate surface area is 180 Å². The fraction of sp³-hybridized carbons (Fsp3) is 0.231. The van der Waals surface area contributed by atoms with Crippen LogP contribution in [0.4, 0.5) is 0 Å². The molecule has 0 atom stereocenters. The van der Waals surface area contributed by atoms with E-state index in [1.54, 1.807) is 18.2 Å². The molecule has 5 heteroatoms. The van der Waals surface area contributed by atoms with E-state index in [0.717, 1.165) is 29.7 Å². The summed E-state index contributed by atoms with van der Waals surface area (Å²) in [5, 5.41) is 20.2. The topological polar surface area (TPSA) is 83.8 Å². The van der Waals surface area contributed by atoms with Crippen LogP contribution in [0.3, 0.4) is 0 Å². The minimum atomic E-state index is -0.480. The first-order chi connectivity index (χ1) is 15.0. The lowest BCUT2D eigenvalue weighted by Gasteiger charge is -2.20. The summed E-state index contributed by atoms with van der Waals surface area (Å²) >= 11 is 0. The van der Waals surface area contributed by atoms with Gasteiger partial charge in [-0.25, -0.2) is 0 Å². The standard InChI is InChI=1S/C26H24O5/c1-2-3-4-5-14-31-18-9-6-16(7-10-18)17-8-11-19-20(15-17)26(30)24-22(28)13-12-21(27)23(24)25(19)29/h6-13,15,27-28H,2-5,14H2,1H3. The van der Waals surface area contributed by atoms with Crippen LogP contribution in [0.15, 0.2) is 54.6 Å². The number of ketones is 2.